The van der Waals surface area contributed by atoms with Crippen LogP contribution in [0.25, 0.3) is 5.69 Å². The number of likely N-dealkylation sites (N-methyl/N-ethyl adjacent to an activating group) is 1. The van der Waals surface area contributed by atoms with E-state index in [0.29, 0.717) is 6.54 Å². The molecule has 0 atom stereocenters. The summed E-state index contributed by atoms with van der Waals surface area (Å²) in [6.07, 6.45) is 6.18. The van der Waals surface area contributed by atoms with Crippen molar-refractivity contribution in [3.63, 3.8) is 0 Å². The minimum Gasteiger partial charge on any atom is -0.368 e. The van der Waals surface area contributed by atoms with Crippen LogP contribution in [-0.4, -0.2) is 60.3 Å². The maximum Gasteiger partial charge on any atom is 0.326 e. The van der Waals surface area contributed by atoms with Crippen LogP contribution >= 0.6 is 11.6 Å². The van der Waals surface area contributed by atoms with Crippen molar-refractivity contribution in [2.75, 3.05) is 54.9 Å². The maximum atomic E-state index is 13.1. The van der Waals surface area contributed by atoms with Crippen LogP contribution in [0.2, 0.25) is 5.02 Å². The Kier molecular flexibility index (Phi) is 5.29. The minimum absolute atomic E-state index is 0.124. The number of rotatable bonds is 3. The summed E-state index contributed by atoms with van der Waals surface area (Å²) in [5.74, 6) is 0. The topological polar surface area (TPSA) is 56.6 Å². The molecule has 3 heterocycles. The third kappa shape index (κ3) is 3.98. The van der Waals surface area contributed by atoms with Crippen molar-refractivity contribution in [1.82, 2.24) is 14.5 Å². The number of hydrogen-bond donors (Lipinski definition) is 1. The van der Waals surface area contributed by atoms with Gasteiger partial charge in [-0.1, -0.05) is 11.6 Å². The van der Waals surface area contributed by atoms with Gasteiger partial charge in [-0.3, -0.25) is 4.90 Å². The number of urea groups is 1. The number of amides is 2. The molecule has 0 spiro atoms. The molecule has 2 amide bonds. The summed E-state index contributed by atoms with van der Waals surface area (Å²) in [5.41, 5.74) is 4.83. The number of hydrogen-bond acceptors (Lipinski definition) is 4. The number of carbonyl (C=O) groups is 1. The first-order valence-corrected chi connectivity index (χ1v) is 10.9. The van der Waals surface area contributed by atoms with Crippen LogP contribution < -0.4 is 15.1 Å². The molecule has 1 aromatic heterocycles. The second kappa shape index (κ2) is 8.24. The molecule has 2 aliphatic rings. The van der Waals surface area contributed by atoms with Gasteiger partial charge in [-0.15, -0.1) is 0 Å². The first-order chi connectivity index (χ1) is 15.1. The van der Waals surface area contributed by atoms with E-state index < -0.39 is 0 Å². The fraction of sp³-hybridized carbons (Fsp3) is 0.304. The quantitative estimate of drug-likeness (QED) is 0.677. The Hall–Kier alpha value is -3.03. The van der Waals surface area contributed by atoms with Gasteiger partial charge in [-0.25, -0.2) is 9.78 Å². The van der Waals surface area contributed by atoms with Crippen LogP contribution in [0.4, 0.5) is 21.9 Å². The second-order valence-electron chi connectivity index (χ2n) is 8.07. The Morgan fingerprint density at radius 3 is 2.52 bits per heavy atom. The molecule has 2 aliphatic heterocycles. The molecule has 0 saturated carbocycles. The maximum absolute atomic E-state index is 13.1. The van der Waals surface area contributed by atoms with E-state index in [0.717, 1.165) is 65.9 Å². The zero-order valence-corrected chi connectivity index (χ0v) is 18.2. The van der Waals surface area contributed by atoms with Crippen LogP contribution in [0.5, 0.6) is 0 Å². The average molecular weight is 437 g/mol. The predicted octanol–water partition coefficient (Wildman–Crippen LogP) is 3.87. The lowest BCUT2D eigenvalue weighted by atomic mass is 10.1. The average Bonchev–Trinajstić information content (AvgIpc) is 3.44. The van der Waals surface area contributed by atoms with Gasteiger partial charge in [0, 0.05) is 56.5 Å². The number of benzene rings is 2. The van der Waals surface area contributed by atoms with E-state index in [1.165, 1.54) is 0 Å². The molecule has 8 heteroatoms. The van der Waals surface area contributed by atoms with E-state index >= 15 is 0 Å². The number of piperazine rings is 1. The SMILES string of the molecule is CN1CCN(c2cc3c(cc2Cl)CCN3C(=O)Nc2ccc(-n3ccnc3)cc2)CC1. The van der Waals surface area contributed by atoms with Crippen molar-refractivity contribution in [3.8, 4) is 5.69 Å². The van der Waals surface area contributed by atoms with E-state index in [-0.39, 0.29) is 6.03 Å². The Morgan fingerprint density at radius 2 is 1.81 bits per heavy atom. The van der Waals surface area contributed by atoms with Crippen LogP contribution in [0.3, 0.4) is 0 Å². The van der Waals surface area contributed by atoms with E-state index in [1.54, 1.807) is 12.5 Å². The molecule has 0 radical (unpaired) electrons. The van der Waals surface area contributed by atoms with Crippen LogP contribution in [0, 0.1) is 0 Å². The fourth-order valence-corrected chi connectivity index (χ4v) is 4.52. The molecule has 7 nitrogen and oxygen atoms in total. The highest BCUT2D eigenvalue weighted by atomic mass is 35.5. The minimum atomic E-state index is -0.124. The standard InChI is InChI=1S/C23H25ClN6O/c1-27-10-12-28(13-11-27)22-15-21-17(14-20(22)24)6-8-30(21)23(31)26-18-2-4-19(5-3-18)29-9-7-25-16-29/h2-5,7,9,14-16H,6,8,10-13H2,1H3,(H,26,31). The molecule has 160 valence electrons. The van der Waals surface area contributed by atoms with Crippen LogP contribution in [0.15, 0.2) is 55.1 Å². The van der Waals surface area contributed by atoms with E-state index in [4.69, 9.17) is 11.6 Å². The number of carbonyl (C=O) groups excluding carboxylic acids is 1. The highest BCUT2D eigenvalue weighted by Crippen LogP contribution is 2.38. The van der Waals surface area contributed by atoms with Gasteiger partial charge in [-0.2, -0.15) is 0 Å². The second-order valence-corrected chi connectivity index (χ2v) is 8.48. The van der Waals surface area contributed by atoms with Crippen LogP contribution in [-0.2, 0) is 6.42 Å². The first-order valence-electron chi connectivity index (χ1n) is 10.5. The Morgan fingerprint density at radius 1 is 1.03 bits per heavy atom. The molecular weight excluding hydrogens is 412 g/mol. The highest BCUT2D eigenvalue weighted by molar-refractivity contribution is 6.33. The van der Waals surface area contributed by atoms with Crippen molar-refractivity contribution < 1.29 is 4.79 Å². The molecule has 3 aromatic rings. The normalized spacial score (nSPS) is 16.5. The smallest absolute Gasteiger partial charge is 0.326 e. The molecule has 0 aliphatic carbocycles. The number of halogens is 1. The lowest BCUT2D eigenvalue weighted by Gasteiger charge is -2.35. The van der Waals surface area contributed by atoms with Gasteiger partial charge >= 0.3 is 6.03 Å². The molecule has 1 N–H and O–H groups in total. The summed E-state index contributed by atoms with van der Waals surface area (Å²) in [4.78, 5) is 23.6. The van der Waals surface area contributed by atoms with Crippen molar-refractivity contribution in [2.24, 2.45) is 0 Å². The number of nitrogens with one attached hydrogen (secondary N) is 1. The summed E-state index contributed by atoms with van der Waals surface area (Å²) < 4.78 is 1.92. The lowest BCUT2D eigenvalue weighted by Crippen LogP contribution is -2.44. The van der Waals surface area contributed by atoms with Gasteiger partial charge in [-0.05, 0) is 55.4 Å². The van der Waals surface area contributed by atoms with Gasteiger partial charge in [0.2, 0.25) is 0 Å². The van der Waals surface area contributed by atoms with Crippen molar-refractivity contribution in [1.29, 1.82) is 0 Å². The molecule has 2 aromatic carbocycles. The number of imidazole rings is 1. The van der Waals surface area contributed by atoms with Crippen molar-refractivity contribution in [2.45, 2.75) is 6.42 Å². The molecule has 0 bridgehead atoms. The summed E-state index contributed by atoms with van der Waals surface area (Å²) in [5, 5.41) is 3.79. The molecule has 5 rings (SSSR count). The van der Waals surface area contributed by atoms with E-state index in [1.807, 2.05) is 46.0 Å². The number of fused-ring (bicyclic) bond motifs is 1. The summed E-state index contributed by atoms with van der Waals surface area (Å²) in [6, 6.07) is 11.7. The van der Waals surface area contributed by atoms with Gasteiger partial charge in [0.1, 0.15) is 0 Å². The van der Waals surface area contributed by atoms with E-state index in [2.05, 4.69) is 33.2 Å². The third-order valence-corrected chi connectivity index (χ3v) is 6.36. The highest BCUT2D eigenvalue weighted by Gasteiger charge is 2.28. The summed E-state index contributed by atoms with van der Waals surface area (Å²) >= 11 is 6.61. The monoisotopic (exact) mass is 436 g/mol. The summed E-state index contributed by atoms with van der Waals surface area (Å²) in [7, 11) is 2.13. The van der Waals surface area contributed by atoms with Gasteiger partial charge in [0.05, 0.1) is 22.7 Å². The van der Waals surface area contributed by atoms with Gasteiger partial charge < -0.3 is 19.7 Å². The number of anilines is 3. The van der Waals surface area contributed by atoms with E-state index in [9.17, 15) is 4.79 Å². The molecule has 31 heavy (non-hydrogen) atoms. The Bertz CT molecular complexity index is 1070. The Labute approximate surface area is 186 Å². The molecule has 1 fully saturated rings. The van der Waals surface area contributed by atoms with Gasteiger partial charge in [0.25, 0.3) is 0 Å². The van der Waals surface area contributed by atoms with Crippen LogP contribution in [0.1, 0.15) is 5.56 Å². The third-order valence-electron chi connectivity index (χ3n) is 6.05. The zero-order chi connectivity index (χ0) is 21.4. The van der Waals surface area contributed by atoms with Crippen molar-refractivity contribution in [3.05, 3.63) is 65.7 Å². The first kappa shape index (κ1) is 19.9. The number of aromatic nitrogens is 2. The summed E-state index contributed by atoms with van der Waals surface area (Å²) in [6.45, 7) is 4.53. The largest absolute Gasteiger partial charge is 0.368 e. The number of nitrogens with zero attached hydrogens (tertiary/aromatic N) is 5. The lowest BCUT2D eigenvalue weighted by molar-refractivity contribution is 0.257. The zero-order valence-electron chi connectivity index (χ0n) is 17.5. The fourth-order valence-electron chi connectivity index (χ4n) is 4.22. The van der Waals surface area contributed by atoms with Crippen molar-refractivity contribution >= 4 is 34.7 Å². The predicted molar refractivity (Wildman–Crippen MR) is 125 cm³/mol. The molecule has 1 saturated heterocycles. The molecule has 0 unspecified atom stereocenters. The Balaban J connectivity index is 1.33. The molecular formula is C23H25ClN6O. The van der Waals surface area contributed by atoms with Gasteiger partial charge in [0.15, 0.2) is 0 Å².